The lowest BCUT2D eigenvalue weighted by atomic mass is 10.2. The first-order valence-electron chi connectivity index (χ1n) is 5.08. The third-order valence-corrected chi connectivity index (χ3v) is 3.49. The molecule has 2 rings (SSSR count). The highest BCUT2D eigenvalue weighted by Crippen LogP contribution is 2.26. The second-order valence-electron chi connectivity index (χ2n) is 3.74. The summed E-state index contributed by atoms with van der Waals surface area (Å²) in [5.41, 5.74) is 3.26. The summed E-state index contributed by atoms with van der Waals surface area (Å²) in [4.78, 5) is 4.25. The molecule has 2 heterocycles. The van der Waals surface area contributed by atoms with Crippen LogP contribution in [0, 0.1) is 6.92 Å². The zero-order chi connectivity index (χ0) is 11.5. The van der Waals surface area contributed by atoms with Crippen LogP contribution in [0.15, 0.2) is 29.8 Å². The molecule has 0 saturated carbocycles. The number of aryl methyl sites for hydroxylation is 1. The number of pyridine rings is 1. The molecule has 0 fully saturated rings. The fourth-order valence-corrected chi connectivity index (χ4v) is 2.42. The number of hydrogen-bond acceptors (Lipinski definition) is 3. The summed E-state index contributed by atoms with van der Waals surface area (Å²) in [6, 6.07) is 6.27. The minimum atomic E-state index is 0.244. The van der Waals surface area contributed by atoms with Gasteiger partial charge >= 0.3 is 0 Å². The van der Waals surface area contributed by atoms with Crippen molar-refractivity contribution in [3.8, 4) is 0 Å². The Labute approximate surface area is 104 Å². The third-order valence-electron chi connectivity index (χ3n) is 2.38. The van der Waals surface area contributed by atoms with Gasteiger partial charge in [0.15, 0.2) is 0 Å². The summed E-state index contributed by atoms with van der Waals surface area (Å²) in [5.74, 6) is 0. The maximum Gasteiger partial charge on any atom is 0.0931 e. The van der Waals surface area contributed by atoms with Gasteiger partial charge in [-0.05, 0) is 43.0 Å². The number of rotatable bonds is 3. The number of nitrogens with one attached hydrogen (secondary N) is 1. The van der Waals surface area contributed by atoms with Crippen LogP contribution in [-0.4, -0.2) is 4.98 Å². The van der Waals surface area contributed by atoms with Crippen molar-refractivity contribution in [2.75, 3.05) is 5.32 Å². The molecule has 2 aromatic heterocycles. The second kappa shape index (κ2) is 4.85. The summed E-state index contributed by atoms with van der Waals surface area (Å²) in [6.45, 7) is 4.09. The Kier molecular flexibility index (Phi) is 3.46. The lowest BCUT2D eigenvalue weighted by Crippen LogP contribution is -2.05. The van der Waals surface area contributed by atoms with Gasteiger partial charge in [0.1, 0.15) is 0 Å². The molecule has 1 N–H and O–H groups in total. The number of nitrogens with zero attached hydrogens (tertiary/aromatic N) is 1. The van der Waals surface area contributed by atoms with Gasteiger partial charge in [0.25, 0.3) is 0 Å². The Morgan fingerprint density at radius 3 is 2.81 bits per heavy atom. The molecule has 1 unspecified atom stereocenters. The highest BCUT2D eigenvalue weighted by molar-refractivity contribution is 7.14. The molecule has 0 amide bonds. The topological polar surface area (TPSA) is 24.9 Å². The van der Waals surface area contributed by atoms with Gasteiger partial charge in [0, 0.05) is 11.7 Å². The smallest absolute Gasteiger partial charge is 0.0931 e. The first kappa shape index (κ1) is 11.4. The summed E-state index contributed by atoms with van der Waals surface area (Å²) in [7, 11) is 0. The van der Waals surface area contributed by atoms with Crippen LogP contribution in [0.2, 0.25) is 4.34 Å². The van der Waals surface area contributed by atoms with E-state index in [9.17, 15) is 0 Å². The van der Waals surface area contributed by atoms with E-state index in [0.717, 1.165) is 15.7 Å². The molecular weight excluding hydrogens is 240 g/mol. The Hall–Kier alpha value is -1.06. The zero-order valence-corrected chi connectivity index (χ0v) is 10.8. The molecule has 0 saturated heterocycles. The molecule has 0 spiro atoms. The number of hydrogen-bond donors (Lipinski definition) is 1. The van der Waals surface area contributed by atoms with Gasteiger partial charge in [0.2, 0.25) is 0 Å². The number of anilines is 1. The fraction of sp³-hybridized carbons (Fsp3) is 0.250. The highest BCUT2D eigenvalue weighted by Gasteiger charge is 2.07. The Balaban J connectivity index is 2.07. The lowest BCUT2D eigenvalue weighted by Gasteiger charge is -2.13. The van der Waals surface area contributed by atoms with E-state index in [4.69, 9.17) is 11.6 Å². The maximum atomic E-state index is 5.91. The molecule has 0 bridgehead atoms. The first-order valence-corrected chi connectivity index (χ1v) is 6.34. The fourth-order valence-electron chi connectivity index (χ4n) is 1.44. The van der Waals surface area contributed by atoms with Crippen molar-refractivity contribution >= 4 is 28.6 Å². The van der Waals surface area contributed by atoms with Crippen molar-refractivity contribution < 1.29 is 0 Å². The molecule has 2 aromatic rings. The summed E-state index contributed by atoms with van der Waals surface area (Å²) in [6.07, 6.45) is 1.85. The Morgan fingerprint density at radius 1 is 1.44 bits per heavy atom. The standard InChI is InChI=1S/C12H13ClN2S/c1-8-3-4-11(6-14-8)15-9(2)10-5-12(13)16-7-10/h3-7,9,15H,1-2H3. The number of aromatic nitrogens is 1. The van der Waals surface area contributed by atoms with Gasteiger partial charge in [-0.25, -0.2) is 0 Å². The van der Waals surface area contributed by atoms with E-state index in [-0.39, 0.29) is 6.04 Å². The molecule has 84 valence electrons. The number of halogens is 1. The Morgan fingerprint density at radius 2 is 2.25 bits per heavy atom. The second-order valence-corrected chi connectivity index (χ2v) is 5.28. The molecule has 4 heteroatoms. The lowest BCUT2D eigenvalue weighted by molar-refractivity contribution is 0.888. The predicted octanol–water partition coefficient (Wildman–Crippen LogP) is 4.28. The minimum absolute atomic E-state index is 0.244. The van der Waals surface area contributed by atoms with Crippen molar-refractivity contribution in [1.29, 1.82) is 0 Å². The monoisotopic (exact) mass is 252 g/mol. The SMILES string of the molecule is Cc1ccc(NC(C)c2csc(Cl)c2)cn1. The average Bonchev–Trinajstić information content (AvgIpc) is 2.68. The normalized spacial score (nSPS) is 12.4. The van der Waals surface area contributed by atoms with Crippen LogP contribution >= 0.6 is 22.9 Å². The van der Waals surface area contributed by atoms with Crippen LogP contribution in [0.4, 0.5) is 5.69 Å². The maximum absolute atomic E-state index is 5.91. The van der Waals surface area contributed by atoms with Crippen LogP contribution in [0.5, 0.6) is 0 Å². The molecule has 1 atom stereocenters. The van der Waals surface area contributed by atoms with E-state index in [1.54, 1.807) is 11.3 Å². The van der Waals surface area contributed by atoms with E-state index in [0.29, 0.717) is 0 Å². The first-order chi connectivity index (χ1) is 7.65. The van der Waals surface area contributed by atoms with E-state index < -0.39 is 0 Å². The van der Waals surface area contributed by atoms with Crippen molar-refractivity contribution in [3.05, 3.63) is 45.4 Å². The van der Waals surface area contributed by atoms with Crippen LogP contribution < -0.4 is 5.32 Å². The minimum Gasteiger partial charge on any atom is -0.377 e. The van der Waals surface area contributed by atoms with Gasteiger partial charge in [-0.3, -0.25) is 4.98 Å². The molecule has 16 heavy (non-hydrogen) atoms. The molecule has 0 aliphatic rings. The van der Waals surface area contributed by atoms with Crippen molar-refractivity contribution in [2.24, 2.45) is 0 Å². The predicted molar refractivity (Wildman–Crippen MR) is 70.3 cm³/mol. The van der Waals surface area contributed by atoms with E-state index in [1.807, 2.05) is 31.3 Å². The van der Waals surface area contributed by atoms with Gasteiger partial charge in [-0.15, -0.1) is 11.3 Å². The van der Waals surface area contributed by atoms with Gasteiger partial charge < -0.3 is 5.32 Å². The van der Waals surface area contributed by atoms with Crippen LogP contribution in [0.25, 0.3) is 0 Å². The summed E-state index contributed by atoms with van der Waals surface area (Å²) >= 11 is 7.46. The van der Waals surface area contributed by atoms with Crippen molar-refractivity contribution in [3.63, 3.8) is 0 Å². The molecule has 0 aliphatic carbocycles. The van der Waals surface area contributed by atoms with Crippen molar-refractivity contribution in [1.82, 2.24) is 4.98 Å². The van der Waals surface area contributed by atoms with E-state index in [1.165, 1.54) is 5.56 Å². The average molecular weight is 253 g/mol. The van der Waals surface area contributed by atoms with Gasteiger partial charge in [-0.2, -0.15) is 0 Å². The van der Waals surface area contributed by atoms with Gasteiger partial charge in [0.05, 0.1) is 16.2 Å². The van der Waals surface area contributed by atoms with Crippen molar-refractivity contribution in [2.45, 2.75) is 19.9 Å². The molecule has 0 aliphatic heterocycles. The largest absolute Gasteiger partial charge is 0.377 e. The highest BCUT2D eigenvalue weighted by atomic mass is 35.5. The zero-order valence-electron chi connectivity index (χ0n) is 9.20. The molecule has 0 radical (unpaired) electrons. The van der Waals surface area contributed by atoms with Crippen LogP contribution in [0.3, 0.4) is 0 Å². The van der Waals surface area contributed by atoms with Crippen LogP contribution in [0.1, 0.15) is 24.2 Å². The molecule has 0 aromatic carbocycles. The molecule has 2 nitrogen and oxygen atoms in total. The Bertz CT molecular complexity index is 464. The summed E-state index contributed by atoms with van der Waals surface area (Å²) < 4.78 is 0.825. The third kappa shape index (κ3) is 2.74. The molecular formula is C12H13ClN2S. The van der Waals surface area contributed by atoms with E-state index in [2.05, 4.69) is 22.6 Å². The van der Waals surface area contributed by atoms with E-state index >= 15 is 0 Å². The quantitative estimate of drug-likeness (QED) is 0.882. The number of thiophene rings is 1. The van der Waals surface area contributed by atoms with Gasteiger partial charge in [-0.1, -0.05) is 11.6 Å². The van der Waals surface area contributed by atoms with Crippen LogP contribution in [-0.2, 0) is 0 Å². The summed E-state index contributed by atoms with van der Waals surface area (Å²) in [5, 5.41) is 5.46.